The summed E-state index contributed by atoms with van der Waals surface area (Å²) in [5, 5.41) is 0. The first-order chi connectivity index (χ1) is 6.24. The quantitative estimate of drug-likeness (QED) is 0.435. The van der Waals surface area contributed by atoms with Crippen LogP contribution in [-0.4, -0.2) is 12.3 Å². The second kappa shape index (κ2) is 7.78. The maximum atomic E-state index is 4.51. The second-order valence-corrected chi connectivity index (χ2v) is 3.24. The third-order valence-corrected chi connectivity index (χ3v) is 2.12. The molecule has 0 aromatic heterocycles. The summed E-state index contributed by atoms with van der Waals surface area (Å²) in [6, 6.07) is 0.466. The van der Waals surface area contributed by atoms with E-state index >= 15 is 0 Å². The molecule has 0 bridgehead atoms. The summed E-state index contributed by atoms with van der Waals surface area (Å²) in [6.45, 7) is 10.00. The predicted molar refractivity (Wildman–Crippen MR) is 61.4 cm³/mol. The van der Waals surface area contributed by atoms with Gasteiger partial charge in [-0.1, -0.05) is 19.1 Å². The fourth-order valence-corrected chi connectivity index (χ4v) is 0.992. The molecule has 0 rings (SSSR count). The molecule has 74 valence electrons. The number of nitrogens with zero attached hydrogens (tertiary/aromatic N) is 1. The third kappa shape index (κ3) is 6.32. The molecule has 0 saturated carbocycles. The van der Waals surface area contributed by atoms with E-state index in [1.54, 1.807) is 0 Å². The van der Waals surface area contributed by atoms with E-state index in [0.717, 1.165) is 19.3 Å². The van der Waals surface area contributed by atoms with Gasteiger partial charge in [-0.2, -0.15) is 0 Å². The highest BCUT2D eigenvalue weighted by atomic mass is 14.8. The number of allylic oxidation sites excluding steroid dienone is 3. The van der Waals surface area contributed by atoms with Crippen molar-refractivity contribution in [3.8, 4) is 0 Å². The van der Waals surface area contributed by atoms with Crippen molar-refractivity contribution in [2.75, 3.05) is 0 Å². The van der Waals surface area contributed by atoms with Crippen LogP contribution >= 0.6 is 0 Å². The van der Waals surface area contributed by atoms with E-state index < -0.39 is 0 Å². The smallest absolute Gasteiger partial charge is 0.0500 e. The van der Waals surface area contributed by atoms with E-state index in [-0.39, 0.29) is 0 Å². The van der Waals surface area contributed by atoms with E-state index in [1.165, 1.54) is 5.57 Å². The van der Waals surface area contributed by atoms with E-state index in [2.05, 4.69) is 31.5 Å². The number of aliphatic imine (C=N–C) groups is 1. The highest BCUT2D eigenvalue weighted by Crippen LogP contribution is 2.06. The van der Waals surface area contributed by atoms with E-state index in [4.69, 9.17) is 0 Å². The molecule has 0 N–H and O–H groups in total. The molecule has 0 spiro atoms. The van der Waals surface area contributed by atoms with Crippen LogP contribution in [0.5, 0.6) is 0 Å². The molecule has 1 unspecified atom stereocenters. The molecule has 0 heterocycles. The summed E-state index contributed by atoms with van der Waals surface area (Å²) >= 11 is 0. The Labute approximate surface area is 82.3 Å². The molecule has 0 aliphatic carbocycles. The summed E-state index contributed by atoms with van der Waals surface area (Å²) < 4.78 is 0. The topological polar surface area (TPSA) is 12.4 Å². The van der Waals surface area contributed by atoms with Crippen LogP contribution < -0.4 is 0 Å². The average Bonchev–Trinajstić information content (AvgIpc) is 2.17. The van der Waals surface area contributed by atoms with Crippen molar-refractivity contribution in [1.29, 1.82) is 0 Å². The summed E-state index contributed by atoms with van der Waals surface area (Å²) in [6.07, 6.45) is 9.29. The number of rotatable bonds is 6. The van der Waals surface area contributed by atoms with Crippen LogP contribution in [0.3, 0.4) is 0 Å². The minimum absolute atomic E-state index is 0.466. The van der Waals surface area contributed by atoms with Crippen LogP contribution in [0.1, 0.15) is 40.0 Å². The van der Waals surface area contributed by atoms with Gasteiger partial charge in [0.05, 0.1) is 0 Å². The van der Waals surface area contributed by atoms with Crippen molar-refractivity contribution in [1.82, 2.24) is 0 Å². The molecular weight excluding hydrogens is 158 g/mol. The Morgan fingerprint density at radius 3 is 2.69 bits per heavy atom. The Morgan fingerprint density at radius 1 is 1.54 bits per heavy atom. The zero-order chi connectivity index (χ0) is 10.1. The molecule has 0 aromatic rings. The molecule has 13 heavy (non-hydrogen) atoms. The van der Waals surface area contributed by atoms with Crippen molar-refractivity contribution in [3.63, 3.8) is 0 Å². The standard InChI is InChI=1S/C12H21N/c1-5-8-9-12(7-3)13-10-11(4)6-2/h5-6,10,12H,1,7-9H2,2-4H3/b11-6-,13-10-. The van der Waals surface area contributed by atoms with Crippen molar-refractivity contribution in [3.05, 3.63) is 24.3 Å². The lowest BCUT2D eigenvalue weighted by atomic mass is 10.1. The summed E-state index contributed by atoms with van der Waals surface area (Å²) in [4.78, 5) is 4.51. The van der Waals surface area contributed by atoms with Crippen LogP contribution in [0, 0.1) is 0 Å². The maximum Gasteiger partial charge on any atom is 0.0500 e. The maximum absolute atomic E-state index is 4.51. The van der Waals surface area contributed by atoms with Gasteiger partial charge in [0.15, 0.2) is 0 Å². The SMILES string of the molecule is C=CCCC(CC)/N=C\C(C)=C/C. The minimum atomic E-state index is 0.466. The fraction of sp³-hybridized carbons (Fsp3) is 0.583. The molecule has 0 amide bonds. The molecule has 0 fully saturated rings. The first kappa shape index (κ1) is 12.2. The van der Waals surface area contributed by atoms with Gasteiger partial charge in [-0.3, -0.25) is 4.99 Å². The number of hydrogen-bond acceptors (Lipinski definition) is 1. The molecule has 0 aromatic carbocycles. The predicted octanol–water partition coefficient (Wildman–Crippen LogP) is 3.77. The fourth-order valence-electron chi connectivity index (χ4n) is 0.992. The van der Waals surface area contributed by atoms with Gasteiger partial charge < -0.3 is 0 Å². The lowest BCUT2D eigenvalue weighted by Gasteiger charge is -2.07. The van der Waals surface area contributed by atoms with Gasteiger partial charge in [-0.25, -0.2) is 0 Å². The normalized spacial score (nSPS) is 14.8. The van der Waals surface area contributed by atoms with Gasteiger partial charge in [0.1, 0.15) is 0 Å². The van der Waals surface area contributed by atoms with Crippen molar-refractivity contribution < 1.29 is 0 Å². The Morgan fingerprint density at radius 2 is 2.23 bits per heavy atom. The third-order valence-electron chi connectivity index (χ3n) is 2.12. The van der Waals surface area contributed by atoms with E-state index in [1.807, 2.05) is 19.2 Å². The lowest BCUT2D eigenvalue weighted by molar-refractivity contribution is 0.607. The first-order valence-corrected chi connectivity index (χ1v) is 5.01. The Balaban J connectivity index is 3.95. The van der Waals surface area contributed by atoms with Gasteiger partial charge >= 0.3 is 0 Å². The highest BCUT2D eigenvalue weighted by molar-refractivity contribution is 5.77. The molecule has 0 aliphatic heterocycles. The second-order valence-electron chi connectivity index (χ2n) is 3.24. The molecule has 1 nitrogen and oxygen atoms in total. The molecule has 1 heteroatoms. The van der Waals surface area contributed by atoms with E-state index in [0.29, 0.717) is 6.04 Å². The molecular formula is C12H21N. The molecule has 1 atom stereocenters. The van der Waals surface area contributed by atoms with Gasteiger partial charge in [0, 0.05) is 12.3 Å². The van der Waals surface area contributed by atoms with Crippen molar-refractivity contribution >= 4 is 6.21 Å². The van der Waals surface area contributed by atoms with E-state index in [9.17, 15) is 0 Å². The monoisotopic (exact) mass is 179 g/mol. The summed E-state index contributed by atoms with van der Waals surface area (Å²) in [5.74, 6) is 0. The summed E-state index contributed by atoms with van der Waals surface area (Å²) in [7, 11) is 0. The highest BCUT2D eigenvalue weighted by Gasteiger charge is 2.00. The van der Waals surface area contributed by atoms with Gasteiger partial charge in [-0.15, -0.1) is 6.58 Å². The lowest BCUT2D eigenvalue weighted by Crippen LogP contribution is -2.02. The number of hydrogen-bond donors (Lipinski definition) is 0. The average molecular weight is 179 g/mol. The largest absolute Gasteiger partial charge is 0.290 e. The Hall–Kier alpha value is -0.850. The Bertz CT molecular complexity index is 189. The van der Waals surface area contributed by atoms with Crippen molar-refractivity contribution in [2.45, 2.75) is 46.1 Å². The minimum Gasteiger partial charge on any atom is -0.290 e. The van der Waals surface area contributed by atoms with Crippen LogP contribution in [0.25, 0.3) is 0 Å². The van der Waals surface area contributed by atoms with Crippen molar-refractivity contribution in [2.24, 2.45) is 4.99 Å². The van der Waals surface area contributed by atoms with Crippen LogP contribution in [-0.2, 0) is 0 Å². The first-order valence-electron chi connectivity index (χ1n) is 5.01. The zero-order valence-electron chi connectivity index (χ0n) is 9.09. The van der Waals surface area contributed by atoms with Crippen LogP contribution in [0.4, 0.5) is 0 Å². The van der Waals surface area contributed by atoms with Gasteiger partial charge in [0.2, 0.25) is 0 Å². The van der Waals surface area contributed by atoms with Crippen LogP contribution in [0.2, 0.25) is 0 Å². The summed E-state index contributed by atoms with van der Waals surface area (Å²) in [5.41, 5.74) is 1.23. The Kier molecular flexibility index (Phi) is 7.27. The van der Waals surface area contributed by atoms with Gasteiger partial charge in [0.25, 0.3) is 0 Å². The molecule has 0 aliphatic rings. The zero-order valence-corrected chi connectivity index (χ0v) is 9.09. The van der Waals surface area contributed by atoms with Gasteiger partial charge in [-0.05, 0) is 38.7 Å². The molecule has 0 radical (unpaired) electrons. The van der Waals surface area contributed by atoms with Crippen LogP contribution in [0.15, 0.2) is 29.3 Å². The molecule has 0 saturated heterocycles.